The molecule has 0 spiro atoms. The summed E-state index contributed by atoms with van der Waals surface area (Å²) >= 11 is 0. The van der Waals surface area contributed by atoms with E-state index in [2.05, 4.69) is 20.4 Å². The highest BCUT2D eigenvalue weighted by Crippen LogP contribution is 2.25. The number of pyridine rings is 1. The number of anilines is 1. The van der Waals surface area contributed by atoms with E-state index in [0.717, 1.165) is 0 Å². The zero-order valence-electron chi connectivity index (χ0n) is 15.3. The Morgan fingerprint density at radius 3 is 2.79 bits per heavy atom. The molecule has 7 nitrogen and oxygen atoms in total. The number of ether oxygens (including phenoxy) is 1. The van der Waals surface area contributed by atoms with E-state index < -0.39 is 11.7 Å². The Kier molecular flexibility index (Phi) is 4.98. The molecular weight excluding hydrogens is 375 g/mol. The predicted octanol–water partition coefficient (Wildman–Crippen LogP) is 4.20. The van der Waals surface area contributed by atoms with Crippen molar-refractivity contribution in [2.75, 3.05) is 12.4 Å². The first-order valence-corrected chi connectivity index (χ1v) is 8.64. The maximum absolute atomic E-state index is 13.8. The lowest BCUT2D eigenvalue weighted by atomic mass is 10.1. The monoisotopic (exact) mass is 390 g/mol. The van der Waals surface area contributed by atoms with Crippen molar-refractivity contribution < 1.29 is 18.4 Å². The number of carbonyl (C=O) groups is 1. The molecule has 0 radical (unpaired) electrons. The molecule has 4 aromatic rings. The second-order valence-electron chi connectivity index (χ2n) is 6.02. The Hall–Kier alpha value is -4.07. The number of rotatable bonds is 5. The van der Waals surface area contributed by atoms with Crippen molar-refractivity contribution in [1.82, 2.24) is 15.1 Å². The average molecular weight is 390 g/mol. The fourth-order valence-corrected chi connectivity index (χ4v) is 2.68. The van der Waals surface area contributed by atoms with Gasteiger partial charge in [0.05, 0.1) is 12.7 Å². The van der Waals surface area contributed by atoms with Gasteiger partial charge in [-0.05, 0) is 30.3 Å². The summed E-state index contributed by atoms with van der Waals surface area (Å²) in [7, 11) is 1.56. The third kappa shape index (κ3) is 3.96. The fourth-order valence-electron chi connectivity index (χ4n) is 2.68. The van der Waals surface area contributed by atoms with Crippen LogP contribution < -0.4 is 10.1 Å². The Labute approximate surface area is 165 Å². The molecule has 0 atom stereocenters. The highest BCUT2D eigenvalue weighted by molar-refractivity contribution is 6.04. The highest BCUT2D eigenvalue weighted by atomic mass is 19.1. The molecule has 0 aliphatic carbocycles. The third-order valence-electron chi connectivity index (χ3n) is 4.11. The second kappa shape index (κ2) is 7.89. The number of carbonyl (C=O) groups excluding carboxylic acids is 1. The van der Waals surface area contributed by atoms with Crippen molar-refractivity contribution in [1.29, 1.82) is 0 Å². The van der Waals surface area contributed by atoms with E-state index in [9.17, 15) is 9.18 Å². The number of hydrogen-bond acceptors (Lipinski definition) is 6. The second-order valence-corrected chi connectivity index (χ2v) is 6.02. The van der Waals surface area contributed by atoms with Crippen molar-refractivity contribution in [2.24, 2.45) is 0 Å². The van der Waals surface area contributed by atoms with Crippen molar-refractivity contribution in [2.45, 2.75) is 0 Å². The number of methoxy groups -OCH3 is 1. The molecule has 1 amide bonds. The molecule has 0 saturated carbocycles. The smallest absolute Gasteiger partial charge is 0.276 e. The lowest BCUT2D eigenvalue weighted by molar-refractivity contribution is 0.102. The van der Waals surface area contributed by atoms with E-state index in [-0.39, 0.29) is 11.5 Å². The molecule has 2 heterocycles. The maximum atomic E-state index is 13.8. The number of nitrogens with one attached hydrogen (secondary N) is 1. The summed E-state index contributed by atoms with van der Waals surface area (Å²) in [5.41, 5.74) is 1.53. The number of amides is 1. The molecule has 8 heteroatoms. The van der Waals surface area contributed by atoms with E-state index >= 15 is 0 Å². The van der Waals surface area contributed by atoms with Crippen LogP contribution in [0.5, 0.6) is 5.75 Å². The Morgan fingerprint density at radius 1 is 1.10 bits per heavy atom. The summed E-state index contributed by atoms with van der Waals surface area (Å²) in [5, 5.41) is 6.64. The number of nitrogens with zero attached hydrogens (tertiary/aromatic N) is 3. The van der Waals surface area contributed by atoms with Gasteiger partial charge in [0.15, 0.2) is 0 Å². The van der Waals surface area contributed by atoms with Gasteiger partial charge in [-0.25, -0.2) is 4.39 Å². The minimum Gasteiger partial charge on any atom is -0.497 e. The van der Waals surface area contributed by atoms with Crippen molar-refractivity contribution >= 4 is 11.6 Å². The topological polar surface area (TPSA) is 90.1 Å². The first kappa shape index (κ1) is 18.3. The maximum Gasteiger partial charge on any atom is 0.276 e. The molecule has 2 aromatic carbocycles. The lowest BCUT2D eigenvalue weighted by Crippen LogP contribution is -2.13. The Morgan fingerprint density at radius 2 is 1.97 bits per heavy atom. The predicted molar refractivity (Wildman–Crippen MR) is 104 cm³/mol. The molecule has 0 fully saturated rings. The van der Waals surface area contributed by atoms with E-state index in [1.165, 1.54) is 18.2 Å². The third-order valence-corrected chi connectivity index (χ3v) is 4.11. The Balaban J connectivity index is 1.57. The lowest BCUT2D eigenvalue weighted by Gasteiger charge is -2.07. The molecule has 0 unspecified atom stereocenters. The van der Waals surface area contributed by atoms with Gasteiger partial charge in [0.2, 0.25) is 5.82 Å². The van der Waals surface area contributed by atoms with Gasteiger partial charge in [0.25, 0.3) is 11.8 Å². The molecular formula is C21H15FN4O3. The molecule has 0 saturated heterocycles. The minimum absolute atomic E-state index is 0.0381. The van der Waals surface area contributed by atoms with Crippen LogP contribution in [-0.2, 0) is 0 Å². The molecule has 0 bridgehead atoms. The van der Waals surface area contributed by atoms with Crippen LogP contribution in [0, 0.1) is 5.82 Å². The van der Waals surface area contributed by atoms with Gasteiger partial charge in [0, 0.05) is 23.5 Å². The number of aromatic nitrogens is 3. The van der Waals surface area contributed by atoms with Gasteiger partial charge in [-0.15, -0.1) is 0 Å². The van der Waals surface area contributed by atoms with Gasteiger partial charge in [0.1, 0.15) is 17.3 Å². The van der Waals surface area contributed by atoms with Crippen LogP contribution >= 0.6 is 0 Å². The van der Waals surface area contributed by atoms with Gasteiger partial charge >= 0.3 is 0 Å². The first-order valence-electron chi connectivity index (χ1n) is 8.64. The van der Waals surface area contributed by atoms with E-state index in [4.69, 9.17) is 9.26 Å². The normalized spacial score (nSPS) is 10.6. The van der Waals surface area contributed by atoms with E-state index in [0.29, 0.717) is 28.5 Å². The molecule has 0 aliphatic heterocycles. The molecule has 0 aliphatic rings. The summed E-state index contributed by atoms with van der Waals surface area (Å²) in [6, 6.07) is 16.0. The zero-order valence-corrected chi connectivity index (χ0v) is 15.3. The van der Waals surface area contributed by atoms with Crippen molar-refractivity contribution in [3.05, 3.63) is 78.2 Å². The van der Waals surface area contributed by atoms with Crippen LogP contribution in [0.4, 0.5) is 10.1 Å². The molecule has 29 heavy (non-hydrogen) atoms. The number of benzene rings is 2. The Bertz CT molecular complexity index is 1180. The summed E-state index contributed by atoms with van der Waals surface area (Å²) in [6.45, 7) is 0. The highest BCUT2D eigenvalue weighted by Gasteiger charge is 2.14. The van der Waals surface area contributed by atoms with E-state index in [1.54, 1.807) is 55.8 Å². The largest absolute Gasteiger partial charge is 0.497 e. The summed E-state index contributed by atoms with van der Waals surface area (Å²) in [6.07, 6.45) is 1.58. The molecule has 4 rings (SSSR count). The summed E-state index contributed by atoms with van der Waals surface area (Å²) < 4.78 is 24.3. The summed E-state index contributed by atoms with van der Waals surface area (Å²) in [4.78, 5) is 20.9. The average Bonchev–Trinajstić information content (AvgIpc) is 3.25. The molecule has 144 valence electrons. The quantitative estimate of drug-likeness (QED) is 0.549. The van der Waals surface area contributed by atoms with Crippen LogP contribution in [0.3, 0.4) is 0 Å². The number of hydrogen-bond donors (Lipinski definition) is 1. The SMILES string of the molecule is COc1ccnc(-c2nc(-c3cccc(NC(=O)c4ccccc4F)c3)no2)c1. The van der Waals surface area contributed by atoms with Crippen LogP contribution in [0.2, 0.25) is 0 Å². The molecule has 1 N–H and O–H groups in total. The van der Waals surface area contributed by atoms with Gasteiger partial charge in [-0.3, -0.25) is 9.78 Å². The number of halogens is 1. The zero-order chi connectivity index (χ0) is 20.2. The van der Waals surface area contributed by atoms with Gasteiger partial charge in [-0.1, -0.05) is 29.4 Å². The van der Waals surface area contributed by atoms with Crippen LogP contribution in [0.15, 0.2) is 71.4 Å². The van der Waals surface area contributed by atoms with Crippen molar-refractivity contribution in [3.63, 3.8) is 0 Å². The first-order chi connectivity index (χ1) is 14.1. The van der Waals surface area contributed by atoms with Crippen molar-refractivity contribution in [3.8, 4) is 28.7 Å². The van der Waals surface area contributed by atoms with E-state index in [1.807, 2.05) is 0 Å². The van der Waals surface area contributed by atoms with Crippen LogP contribution in [0.25, 0.3) is 23.0 Å². The van der Waals surface area contributed by atoms with Crippen LogP contribution in [-0.4, -0.2) is 28.1 Å². The molecule has 2 aromatic heterocycles. The summed E-state index contributed by atoms with van der Waals surface area (Å²) in [5.74, 6) is 0.0447. The minimum atomic E-state index is -0.588. The standard InChI is InChI=1S/C21H15FN4O3/c1-28-15-9-10-23-18(12-15)21-25-19(26-29-21)13-5-4-6-14(11-13)24-20(27)16-7-2-3-8-17(16)22/h2-12H,1H3,(H,24,27). The van der Waals surface area contributed by atoms with Gasteiger partial charge in [-0.2, -0.15) is 4.98 Å². The van der Waals surface area contributed by atoms with Crippen LogP contribution in [0.1, 0.15) is 10.4 Å². The van der Waals surface area contributed by atoms with Gasteiger partial charge < -0.3 is 14.6 Å². The fraction of sp³-hybridized carbons (Fsp3) is 0.0476.